The largest absolute Gasteiger partial charge is 0.393 e. The molecule has 1 saturated carbocycles. The number of nitrogens with zero attached hydrogens (tertiary/aromatic N) is 6. The second-order valence-corrected chi connectivity index (χ2v) is 11.7. The molecule has 17 nitrogen and oxygen atoms in total. The van der Waals surface area contributed by atoms with E-state index in [1.54, 1.807) is 12.1 Å². The van der Waals surface area contributed by atoms with Gasteiger partial charge in [-0.1, -0.05) is 18.1 Å². The van der Waals surface area contributed by atoms with Crippen molar-refractivity contribution in [3.05, 3.63) is 29.5 Å². The van der Waals surface area contributed by atoms with Crippen LogP contribution >= 0.6 is 7.60 Å². The molecule has 4 heterocycles. The van der Waals surface area contributed by atoms with Gasteiger partial charge >= 0.3 is 7.60 Å². The van der Waals surface area contributed by atoms with Crippen molar-refractivity contribution in [2.45, 2.75) is 74.5 Å². The number of anilines is 1. The van der Waals surface area contributed by atoms with E-state index in [2.05, 4.69) is 36.0 Å². The second kappa shape index (κ2) is 11.1. The Balaban J connectivity index is 1.38. The summed E-state index contributed by atoms with van der Waals surface area (Å²) in [5, 5.41) is 59.3. The number of rotatable bonds is 11. The fourth-order valence-corrected chi connectivity index (χ4v) is 5.79. The van der Waals surface area contributed by atoms with Gasteiger partial charge in [0, 0.05) is 6.04 Å². The van der Waals surface area contributed by atoms with E-state index in [1.807, 2.05) is 0 Å². The van der Waals surface area contributed by atoms with Crippen LogP contribution in [0.4, 0.5) is 5.82 Å². The van der Waals surface area contributed by atoms with Crippen molar-refractivity contribution in [1.82, 2.24) is 35.2 Å². The molecule has 0 aromatic carbocycles. The maximum Gasteiger partial charge on any atom is 0.359 e. The van der Waals surface area contributed by atoms with Gasteiger partial charge in [-0.2, -0.15) is 5.21 Å². The summed E-state index contributed by atoms with van der Waals surface area (Å²) >= 11 is 0. The number of H-pyrrole nitrogens is 1. The molecule has 3 aromatic heterocycles. The lowest BCUT2D eigenvalue weighted by atomic mass is 10.1. The molecule has 0 radical (unpaired) electrons. The number of aliphatic hydroxyl groups excluding tert-OH is 4. The molecule has 1 aliphatic carbocycles. The zero-order valence-electron chi connectivity index (χ0n) is 20.7. The Morgan fingerprint density at radius 2 is 1.95 bits per heavy atom. The fourth-order valence-electron chi connectivity index (χ4n) is 5.02. The van der Waals surface area contributed by atoms with E-state index < -0.39 is 63.6 Å². The first-order valence-electron chi connectivity index (χ1n) is 12.5. The van der Waals surface area contributed by atoms with Gasteiger partial charge in [-0.25, -0.2) is 9.50 Å². The summed E-state index contributed by atoms with van der Waals surface area (Å²) < 4.78 is 25.2. The molecule has 2 fully saturated rings. The van der Waals surface area contributed by atoms with E-state index in [9.17, 15) is 34.8 Å². The van der Waals surface area contributed by atoms with Gasteiger partial charge in [0.25, 0.3) is 0 Å². The third kappa shape index (κ3) is 5.41. The van der Waals surface area contributed by atoms with Crippen molar-refractivity contribution in [3.8, 4) is 0 Å². The van der Waals surface area contributed by atoms with Crippen molar-refractivity contribution in [1.29, 1.82) is 0 Å². The molecule has 39 heavy (non-hydrogen) atoms. The number of nitrogens with one attached hydrogen (secondary N) is 2. The zero-order chi connectivity index (χ0) is 27.8. The third-order valence-corrected chi connectivity index (χ3v) is 8.68. The Morgan fingerprint density at radius 3 is 2.59 bits per heavy atom. The monoisotopic (exact) mass is 570 g/mol. The summed E-state index contributed by atoms with van der Waals surface area (Å²) in [7, 11) is -5.11. The van der Waals surface area contributed by atoms with Gasteiger partial charge in [0.1, 0.15) is 36.5 Å². The van der Waals surface area contributed by atoms with E-state index in [-0.39, 0.29) is 17.7 Å². The fraction of sp³-hybridized carbons (Fsp3) is 0.667. The van der Waals surface area contributed by atoms with Crippen LogP contribution in [0.2, 0.25) is 0 Å². The maximum atomic E-state index is 12.3. The minimum absolute atomic E-state index is 0.112. The Morgan fingerprint density at radius 1 is 1.18 bits per heavy atom. The molecule has 0 bridgehead atoms. The van der Waals surface area contributed by atoms with Crippen molar-refractivity contribution in [2.75, 3.05) is 18.5 Å². The molecule has 1 aliphatic heterocycles. The lowest BCUT2D eigenvalue weighted by Gasteiger charge is -2.32. The number of hydrogen-bond acceptors (Lipinski definition) is 13. The predicted molar refractivity (Wildman–Crippen MR) is 130 cm³/mol. The highest BCUT2D eigenvalue weighted by Gasteiger charge is 2.52. The quantitative estimate of drug-likeness (QED) is 0.121. The molecule has 1 saturated heterocycles. The molecule has 2 aliphatic rings. The number of aromatic amines is 1. The van der Waals surface area contributed by atoms with Crippen LogP contribution in [0.15, 0.2) is 12.1 Å². The summed E-state index contributed by atoms with van der Waals surface area (Å²) in [6.07, 6.45) is -1.67. The molecule has 18 heteroatoms. The highest BCUT2D eigenvalue weighted by Crippen LogP contribution is 2.53. The first-order chi connectivity index (χ1) is 18.7. The van der Waals surface area contributed by atoms with E-state index >= 15 is 0 Å². The number of tetrazole rings is 1. The first kappa shape index (κ1) is 27.9. The topological polar surface area (TPSA) is 254 Å². The smallest absolute Gasteiger partial charge is 0.359 e. The van der Waals surface area contributed by atoms with Crippen LogP contribution in [0, 0.1) is 0 Å². The average Bonchev–Trinajstić information content (AvgIpc) is 3.71. The third-order valence-electron chi connectivity index (χ3n) is 7.19. The van der Waals surface area contributed by atoms with Gasteiger partial charge in [0.2, 0.25) is 0 Å². The van der Waals surface area contributed by atoms with Crippen LogP contribution in [-0.4, -0.2) is 108 Å². The van der Waals surface area contributed by atoms with Gasteiger partial charge in [0.05, 0.1) is 25.3 Å². The maximum absolute atomic E-state index is 12.3. The van der Waals surface area contributed by atoms with Gasteiger partial charge < -0.3 is 45.0 Å². The summed E-state index contributed by atoms with van der Waals surface area (Å²) in [6, 6.07) is 3.62. The highest BCUT2D eigenvalue weighted by atomic mass is 31.2. The predicted octanol–water partition coefficient (Wildman–Crippen LogP) is -1.62. The Hall–Kier alpha value is -2.60. The van der Waals surface area contributed by atoms with Crippen LogP contribution in [0.5, 0.6) is 0 Å². The molecule has 0 amide bonds. The van der Waals surface area contributed by atoms with Crippen LogP contribution in [0.25, 0.3) is 5.52 Å². The molecule has 214 valence electrons. The van der Waals surface area contributed by atoms with E-state index in [0.717, 1.165) is 25.7 Å². The van der Waals surface area contributed by atoms with Gasteiger partial charge in [-0.05, 0) is 25.0 Å². The minimum atomic E-state index is -5.11. The van der Waals surface area contributed by atoms with Gasteiger partial charge in [-0.3, -0.25) is 4.57 Å². The SMILES string of the molecule is O=P(O)(O)C(CO)(Cc1nn[nH]n1)OC[C@H]1O[C@@H](c2ccc3c(NC4CCCC4)nc(CO)nn23)[C@H](O)[C@@H]1O. The number of aromatic nitrogens is 7. The lowest BCUT2D eigenvalue weighted by Crippen LogP contribution is -2.43. The summed E-state index contributed by atoms with van der Waals surface area (Å²) in [5.74, 6) is 0.555. The molecule has 3 aromatic rings. The normalized spacial score (nSPS) is 25.9. The molecule has 5 rings (SSSR count). The highest BCUT2D eigenvalue weighted by molar-refractivity contribution is 7.53. The first-order valence-corrected chi connectivity index (χ1v) is 14.1. The Labute approximate surface area is 221 Å². The van der Waals surface area contributed by atoms with Crippen LogP contribution < -0.4 is 5.32 Å². The van der Waals surface area contributed by atoms with E-state index in [4.69, 9.17) is 9.47 Å². The lowest BCUT2D eigenvalue weighted by molar-refractivity contribution is -0.100. The molecular formula is C21H31N8O9P. The standard InChI is InChI=1S/C21H31N8O9P/c30-8-16-23-20(22-11-3-1-2-4-11)13-6-5-12(29(13)26-16)19-18(33)17(32)14(38-19)9-37-21(10-31,39(34,35)36)7-15-24-27-28-25-15/h5-6,11,14,17-19,30-33H,1-4,7-10H2,(H,22,23,26)(H2,34,35,36)(H,24,25,27,28)/t14-,17-,18-,19+,21?/m1/s1. The van der Waals surface area contributed by atoms with Gasteiger partial charge in [0.15, 0.2) is 22.8 Å². The van der Waals surface area contributed by atoms with Crippen LogP contribution in [0.1, 0.15) is 49.1 Å². The number of aliphatic hydroxyl groups is 4. The summed E-state index contributed by atoms with van der Waals surface area (Å²) in [6.45, 7) is -2.11. The van der Waals surface area contributed by atoms with Crippen molar-refractivity contribution < 1.29 is 44.3 Å². The van der Waals surface area contributed by atoms with Crippen molar-refractivity contribution in [2.24, 2.45) is 0 Å². The number of hydrogen-bond donors (Lipinski definition) is 8. The van der Waals surface area contributed by atoms with E-state index in [1.165, 1.54) is 4.52 Å². The van der Waals surface area contributed by atoms with Crippen LogP contribution in [0.3, 0.4) is 0 Å². The molecule has 8 N–H and O–H groups in total. The van der Waals surface area contributed by atoms with Crippen LogP contribution in [-0.2, 0) is 27.1 Å². The van der Waals surface area contributed by atoms with Crippen molar-refractivity contribution >= 4 is 18.9 Å². The molecule has 0 spiro atoms. The summed E-state index contributed by atoms with van der Waals surface area (Å²) in [5.41, 5.74) is 0.945. The summed E-state index contributed by atoms with van der Waals surface area (Å²) in [4.78, 5) is 24.3. The molecule has 1 unspecified atom stereocenters. The second-order valence-electron chi connectivity index (χ2n) is 9.76. The average molecular weight is 571 g/mol. The number of ether oxygens (including phenoxy) is 2. The molecule has 5 atom stereocenters. The number of fused-ring (bicyclic) bond motifs is 1. The van der Waals surface area contributed by atoms with Gasteiger partial charge in [-0.15, -0.1) is 15.3 Å². The van der Waals surface area contributed by atoms with Crippen molar-refractivity contribution in [3.63, 3.8) is 0 Å². The zero-order valence-corrected chi connectivity index (χ0v) is 21.6. The Kier molecular flexibility index (Phi) is 7.96. The Bertz CT molecular complexity index is 1310. The molecular weight excluding hydrogens is 539 g/mol. The minimum Gasteiger partial charge on any atom is -0.393 e. The van der Waals surface area contributed by atoms with E-state index in [0.29, 0.717) is 17.0 Å².